The third-order valence-electron chi connectivity index (χ3n) is 6.20. The van der Waals surface area contributed by atoms with Crippen LogP contribution >= 0.6 is 0 Å². The van der Waals surface area contributed by atoms with Gasteiger partial charge in [0.05, 0.1) is 31.7 Å². The van der Waals surface area contributed by atoms with Crippen LogP contribution in [0, 0.1) is 0 Å². The van der Waals surface area contributed by atoms with Crippen LogP contribution in [0.15, 0.2) is 54.6 Å². The lowest BCUT2D eigenvalue weighted by Gasteiger charge is -2.40. The predicted molar refractivity (Wildman–Crippen MR) is 138 cm³/mol. The van der Waals surface area contributed by atoms with E-state index in [4.69, 9.17) is 14.2 Å². The number of morpholine rings is 1. The first-order chi connectivity index (χ1) is 17.6. The number of ether oxygens (including phenoxy) is 3. The summed E-state index contributed by atoms with van der Waals surface area (Å²) in [6.07, 6.45) is -1.95. The maximum Gasteiger partial charge on any atom is 0.410 e. The molecule has 3 unspecified atom stereocenters. The Morgan fingerprint density at radius 3 is 2.41 bits per heavy atom. The van der Waals surface area contributed by atoms with E-state index in [-0.39, 0.29) is 30.8 Å². The highest BCUT2D eigenvalue weighted by Crippen LogP contribution is 2.30. The van der Waals surface area contributed by atoms with Gasteiger partial charge in [0.2, 0.25) is 5.91 Å². The van der Waals surface area contributed by atoms with Gasteiger partial charge >= 0.3 is 6.09 Å². The Bertz CT molecular complexity index is 1100. The van der Waals surface area contributed by atoms with Crippen molar-refractivity contribution >= 4 is 23.6 Å². The summed E-state index contributed by atoms with van der Waals surface area (Å²) in [4.78, 5) is 42.5. The summed E-state index contributed by atoms with van der Waals surface area (Å²) in [6, 6.07) is 16.4. The average molecular weight is 510 g/mol. The molecule has 4 rings (SSSR count). The summed E-state index contributed by atoms with van der Waals surface area (Å²) in [5.41, 5.74) is 0.935. The SMILES string of the molecule is CCOc1ccc(NC(=O)CC2OC3CN(C(=O)OC(C)(C)C)CC3N(Cc3ccccc3)C2=O)cc1. The minimum absolute atomic E-state index is 0.132. The van der Waals surface area contributed by atoms with E-state index in [1.807, 2.05) is 58.0 Å². The largest absolute Gasteiger partial charge is 0.494 e. The number of nitrogens with one attached hydrogen (secondary N) is 1. The number of nitrogens with zero attached hydrogens (tertiary/aromatic N) is 2. The Balaban J connectivity index is 1.47. The molecule has 0 aliphatic carbocycles. The number of amides is 3. The van der Waals surface area contributed by atoms with Crippen LogP contribution in [0.2, 0.25) is 0 Å². The first-order valence-corrected chi connectivity index (χ1v) is 12.6. The van der Waals surface area contributed by atoms with Crippen molar-refractivity contribution in [3.8, 4) is 5.75 Å². The lowest BCUT2D eigenvalue weighted by molar-refractivity contribution is -0.169. The Hall–Kier alpha value is -3.59. The maximum atomic E-state index is 13.6. The molecule has 198 valence electrons. The maximum absolute atomic E-state index is 13.6. The highest BCUT2D eigenvalue weighted by Gasteiger charge is 2.49. The van der Waals surface area contributed by atoms with E-state index >= 15 is 0 Å². The zero-order valence-corrected chi connectivity index (χ0v) is 21.8. The van der Waals surface area contributed by atoms with E-state index < -0.39 is 23.9 Å². The number of carbonyl (C=O) groups is 3. The van der Waals surface area contributed by atoms with Gasteiger partial charge in [0, 0.05) is 18.8 Å². The van der Waals surface area contributed by atoms with E-state index in [0.29, 0.717) is 31.1 Å². The van der Waals surface area contributed by atoms with Gasteiger partial charge in [0.15, 0.2) is 0 Å². The third-order valence-corrected chi connectivity index (χ3v) is 6.20. The molecule has 2 aliphatic rings. The number of hydrogen-bond acceptors (Lipinski definition) is 6. The van der Waals surface area contributed by atoms with E-state index in [2.05, 4.69) is 5.32 Å². The van der Waals surface area contributed by atoms with Crippen LogP contribution in [-0.4, -0.2) is 71.3 Å². The highest BCUT2D eigenvalue weighted by molar-refractivity contribution is 5.95. The van der Waals surface area contributed by atoms with Gasteiger partial charge in [0.1, 0.15) is 17.5 Å². The van der Waals surface area contributed by atoms with Gasteiger partial charge in [-0.25, -0.2) is 4.79 Å². The fourth-order valence-electron chi connectivity index (χ4n) is 4.58. The minimum Gasteiger partial charge on any atom is -0.494 e. The van der Waals surface area contributed by atoms with Gasteiger partial charge in [-0.2, -0.15) is 0 Å². The molecular formula is C28H35N3O6. The number of carbonyl (C=O) groups excluding carboxylic acids is 3. The highest BCUT2D eigenvalue weighted by atomic mass is 16.6. The van der Waals surface area contributed by atoms with E-state index in [0.717, 1.165) is 5.56 Å². The van der Waals surface area contributed by atoms with Gasteiger partial charge in [-0.05, 0) is 57.5 Å². The molecule has 2 aliphatic heterocycles. The topological polar surface area (TPSA) is 97.4 Å². The van der Waals surface area contributed by atoms with E-state index in [1.165, 1.54) is 0 Å². The van der Waals surface area contributed by atoms with Crippen LogP contribution in [0.25, 0.3) is 0 Å². The number of rotatable bonds is 7. The number of fused-ring (bicyclic) bond motifs is 1. The lowest BCUT2D eigenvalue weighted by atomic mass is 10.0. The summed E-state index contributed by atoms with van der Waals surface area (Å²) in [5.74, 6) is 0.116. The van der Waals surface area contributed by atoms with Crippen LogP contribution in [0.1, 0.15) is 39.7 Å². The zero-order chi connectivity index (χ0) is 26.6. The fraction of sp³-hybridized carbons (Fsp3) is 0.464. The second-order valence-corrected chi connectivity index (χ2v) is 10.3. The molecule has 9 nitrogen and oxygen atoms in total. The third kappa shape index (κ3) is 6.80. The molecule has 1 N–H and O–H groups in total. The Labute approximate surface area is 217 Å². The van der Waals surface area contributed by atoms with Crippen LogP contribution in [-0.2, 0) is 25.6 Å². The van der Waals surface area contributed by atoms with Crippen molar-refractivity contribution in [2.45, 2.75) is 64.5 Å². The Morgan fingerprint density at radius 1 is 1.05 bits per heavy atom. The van der Waals surface area contributed by atoms with Gasteiger partial charge in [-0.15, -0.1) is 0 Å². The smallest absolute Gasteiger partial charge is 0.410 e. The molecule has 3 atom stereocenters. The molecular weight excluding hydrogens is 474 g/mol. The molecule has 0 radical (unpaired) electrons. The van der Waals surface area contributed by atoms with Crippen molar-refractivity contribution < 1.29 is 28.6 Å². The first-order valence-electron chi connectivity index (χ1n) is 12.6. The molecule has 0 saturated carbocycles. The van der Waals surface area contributed by atoms with Crippen LogP contribution in [0.5, 0.6) is 5.75 Å². The van der Waals surface area contributed by atoms with Crippen LogP contribution in [0.4, 0.5) is 10.5 Å². The van der Waals surface area contributed by atoms with E-state index in [1.54, 1.807) is 34.1 Å². The number of hydrogen-bond donors (Lipinski definition) is 1. The molecule has 0 aromatic heterocycles. The Morgan fingerprint density at radius 2 is 1.76 bits per heavy atom. The van der Waals surface area contributed by atoms with Gasteiger partial charge in [-0.1, -0.05) is 30.3 Å². The molecule has 9 heteroatoms. The van der Waals surface area contributed by atoms with Gasteiger partial charge in [0.25, 0.3) is 5.91 Å². The van der Waals surface area contributed by atoms with E-state index in [9.17, 15) is 14.4 Å². The van der Waals surface area contributed by atoms with Gasteiger partial charge < -0.3 is 29.3 Å². The quantitative estimate of drug-likeness (QED) is 0.609. The summed E-state index contributed by atoms with van der Waals surface area (Å²) in [5, 5.41) is 2.83. The van der Waals surface area contributed by atoms with Crippen molar-refractivity contribution in [3.05, 3.63) is 60.2 Å². The second-order valence-electron chi connectivity index (χ2n) is 10.3. The summed E-state index contributed by atoms with van der Waals surface area (Å²) < 4.78 is 17.1. The van der Waals surface area contributed by atoms with Crippen molar-refractivity contribution in [3.63, 3.8) is 0 Å². The molecule has 2 aromatic carbocycles. The number of anilines is 1. The molecule has 3 amide bonds. The minimum atomic E-state index is -0.953. The van der Waals surface area contributed by atoms with Crippen molar-refractivity contribution in [2.24, 2.45) is 0 Å². The predicted octanol–water partition coefficient (Wildman–Crippen LogP) is 3.83. The Kier molecular flexibility index (Phi) is 8.02. The molecule has 0 spiro atoms. The molecule has 2 fully saturated rings. The molecule has 37 heavy (non-hydrogen) atoms. The van der Waals surface area contributed by atoms with Crippen molar-refractivity contribution in [2.75, 3.05) is 25.0 Å². The van der Waals surface area contributed by atoms with Crippen molar-refractivity contribution in [1.29, 1.82) is 0 Å². The van der Waals surface area contributed by atoms with Crippen molar-refractivity contribution in [1.82, 2.24) is 9.80 Å². The first kappa shape index (κ1) is 26.5. The zero-order valence-electron chi connectivity index (χ0n) is 21.8. The standard InChI is InChI=1S/C28H35N3O6/c1-5-35-21-13-11-20(12-14-21)29-25(32)15-23-26(33)31(16-19-9-7-6-8-10-19)22-17-30(18-24(22)36-23)27(34)37-28(2,3)4/h6-14,22-24H,5,15-18H2,1-4H3,(H,29,32). The molecule has 2 heterocycles. The summed E-state index contributed by atoms with van der Waals surface area (Å²) in [7, 11) is 0. The fourth-order valence-corrected chi connectivity index (χ4v) is 4.58. The van der Waals surface area contributed by atoms with Gasteiger partial charge in [-0.3, -0.25) is 9.59 Å². The monoisotopic (exact) mass is 509 g/mol. The molecule has 2 saturated heterocycles. The lowest BCUT2D eigenvalue weighted by Crippen LogP contribution is -2.58. The molecule has 2 aromatic rings. The average Bonchev–Trinajstić information content (AvgIpc) is 3.27. The number of likely N-dealkylation sites (tertiary alicyclic amines) is 1. The molecule has 0 bridgehead atoms. The van der Waals surface area contributed by atoms with Crippen LogP contribution < -0.4 is 10.1 Å². The summed E-state index contributed by atoms with van der Waals surface area (Å²) >= 11 is 0. The summed E-state index contributed by atoms with van der Waals surface area (Å²) in [6.45, 7) is 8.86. The normalized spacial score (nSPS) is 21.4. The second kappa shape index (κ2) is 11.2. The van der Waals surface area contributed by atoms with Crippen LogP contribution in [0.3, 0.4) is 0 Å². The number of benzene rings is 2.